The van der Waals surface area contributed by atoms with E-state index in [9.17, 15) is 14.4 Å². The molecule has 0 unspecified atom stereocenters. The van der Waals surface area contributed by atoms with E-state index in [0.29, 0.717) is 6.54 Å². The van der Waals surface area contributed by atoms with E-state index in [2.05, 4.69) is 10.3 Å². The minimum absolute atomic E-state index is 0.0177. The topological polar surface area (TPSA) is 113 Å². The van der Waals surface area contributed by atoms with E-state index in [-0.39, 0.29) is 36.5 Å². The van der Waals surface area contributed by atoms with Gasteiger partial charge in [-0.3, -0.25) is 19.1 Å². The maximum atomic E-state index is 12.7. The molecule has 162 valence electrons. The Bertz CT molecular complexity index is 959. The van der Waals surface area contributed by atoms with E-state index in [1.807, 2.05) is 37.3 Å². The fourth-order valence-electron chi connectivity index (χ4n) is 4.03. The van der Waals surface area contributed by atoms with Crippen molar-refractivity contribution in [2.75, 3.05) is 23.7 Å². The summed E-state index contributed by atoms with van der Waals surface area (Å²) in [5.41, 5.74) is 6.16. The maximum absolute atomic E-state index is 12.7. The number of hydrogen-bond acceptors (Lipinski definition) is 5. The quantitative estimate of drug-likeness (QED) is 0.600. The van der Waals surface area contributed by atoms with Crippen LogP contribution >= 0.6 is 0 Å². The number of amides is 1. The standard InChI is InChI=1S/C22H31N5O3/c1-2-26(15-18(28)24-17-12-8-3-4-9-13-17)19-20(23)27(22(30)25-21(19)29)14-16-10-6-5-7-11-16/h5-7,10-11,17H,2-4,8-9,12-15,23H2,1H3,(H,24,28)(H,25,29,30). The highest BCUT2D eigenvalue weighted by Gasteiger charge is 2.22. The SMILES string of the molecule is CCN(CC(=O)NC1CCCCCC1)c1c(N)n(Cc2ccccc2)c(=O)[nH]c1=O. The van der Waals surface area contributed by atoms with Crippen molar-refractivity contribution < 1.29 is 4.79 Å². The minimum Gasteiger partial charge on any atom is -0.383 e. The number of H-pyrrole nitrogens is 1. The van der Waals surface area contributed by atoms with E-state index in [1.165, 1.54) is 17.4 Å². The van der Waals surface area contributed by atoms with Crippen molar-refractivity contribution in [2.24, 2.45) is 0 Å². The summed E-state index contributed by atoms with van der Waals surface area (Å²) in [6, 6.07) is 9.59. The molecule has 1 saturated carbocycles. The Kier molecular flexibility index (Phi) is 7.32. The average molecular weight is 414 g/mol. The summed E-state index contributed by atoms with van der Waals surface area (Å²) in [6.45, 7) is 2.52. The first-order valence-corrected chi connectivity index (χ1v) is 10.7. The fourth-order valence-corrected chi connectivity index (χ4v) is 4.03. The second-order valence-corrected chi connectivity index (χ2v) is 7.84. The van der Waals surface area contributed by atoms with Gasteiger partial charge in [0.25, 0.3) is 5.56 Å². The second-order valence-electron chi connectivity index (χ2n) is 7.84. The number of anilines is 2. The Balaban J connectivity index is 1.81. The zero-order valence-electron chi connectivity index (χ0n) is 17.5. The first-order chi connectivity index (χ1) is 14.5. The number of nitrogens with one attached hydrogen (secondary N) is 2. The Labute approximate surface area is 176 Å². The third-order valence-corrected chi connectivity index (χ3v) is 5.65. The van der Waals surface area contributed by atoms with Gasteiger partial charge in [-0.15, -0.1) is 0 Å². The molecule has 1 amide bonds. The van der Waals surface area contributed by atoms with Crippen LogP contribution in [-0.4, -0.2) is 34.6 Å². The van der Waals surface area contributed by atoms with Gasteiger partial charge in [-0.1, -0.05) is 56.0 Å². The molecule has 0 saturated heterocycles. The Morgan fingerprint density at radius 3 is 2.47 bits per heavy atom. The molecule has 0 spiro atoms. The molecule has 3 rings (SSSR count). The molecule has 0 radical (unpaired) electrons. The smallest absolute Gasteiger partial charge is 0.330 e. The van der Waals surface area contributed by atoms with Crippen LogP contribution in [0.2, 0.25) is 0 Å². The summed E-state index contributed by atoms with van der Waals surface area (Å²) in [6.07, 6.45) is 6.65. The van der Waals surface area contributed by atoms with Crippen molar-refractivity contribution in [3.8, 4) is 0 Å². The predicted octanol–water partition coefficient (Wildman–Crippen LogP) is 1.83. The molecule has 1 heterocycles. The van der Waals surface area contributed by atoms with Crippen molar-refractivity contribution in [3.05, 3.63) is 56.7 Å². The molecule has 1 aliphatic carbocycles. The maximum Gasteiger partial charge on any atom is 0.330 e. The van der Waals surface area contributed by atoms with Crippen LogP contribution in [0.25, 0.3) is 0 Å². The van der Waals surface area contributed by atoms with E-state index >= 15 is 0 Å². The Morgan fingerprint density at radius 2 is 1.83 bits per heavy atom. The molecule has 8 heteroatoms. The lowest BCUT2D eigenvalue weighted by Gasteiger charge is -2.25. The number of carbonyl (C=O) groups is 1. The first kappa shape index (κ1) is 21.7. The van der Waals surface area contributed by atoms with Gasteiger partial charge in [-0.25, -0.2) is 4.79 Å². The summed E-state index contributed by atoms with van der Waals surface area (Å²) in [7, 11) is 0. The molecule has 1 aromatic carbocycles. The van der Waals surface area contributed by atoms with Crippen LogP contribution in [0.3, 0.4) is 0 Å². The molecule has 8 nitrogen and oxygen atoms in total. The van der Waals surface area contributed by atoms with Gasteiger partial charge in [0.05, 0.1) is 13.1 Å². The van der Waals surface area contributed by atoms with Gasteiger partial charge in [0.2, 0.25) is 5.91 Å². The van der Waals surface area contributed by atoms with E-state index in [4.69, 9.17) is 5.73 Å². The predicted molar refractivity (Wildman–Crippen MR) is 119 cm³/mol. The van der Waals surface area contributed by atoms with Crippen LogP contribution in [-0.2, 0) is 11.3 Å². The molecular weight excluding hydrogens is 382 g/mol. The lowest BCUT2D eigenvalue weighted by atomic mass is 10.1. The van der Waals surface area contributed by atoms with Gasteiger partial charge < -0.3 is 16.0 Å². The monoisotopic (exact) mass is 413 g/mol. The summed E-state index contributed by atoms with van der Waals surface area (Å²) in [5.74, 6) is -0.0694. The van der Waals surface area contributed by atoms with Gasteiger partial charge >= 0.3 is 5.69 Å². The number of nitrogen functional groups attached to an aromatic ring is 1. The Morgan fingerprint density at radius 1 is 1.17 bits per heavy atom. The van der Waals surface area contributed by atoms with Crippen molar-refractivity contribution >= 4 is 17.4 Å². The second kappa shape index (κ2) is 10.1. The van der Waals surface area contributed by atoms with Crippen LogP contribution < -0.4 is 27.2 Å². The third kappa shape index (κ3) is 5.31. The molecule has 0 aliphatic heterocycles. The van der Waals surface area contributed by atoms with E-state index in [0.717, 1.165) is 31.2 Å². The highest BCUT2D eigenvalue weighted by atomic mass is 16.2. The first-order valence-electron chi connectivity index (χ1n) is 10.7. The zero-order chi connectivity index (χ0) is 21.5. The van der Waals surface area contributed by atoms with Gasteiger partial charge in [0.1, 0.15) is 11.5 Å². The minimum atomic E-state index is -0.578. The molecule has 1 aliphatic rings. The molecule has 1 fully saturated rings. The van der Waals surface area contributed by atoms with Gasteiger partial charge in [-0.05, 0) is 25.3 Å². The van der Waals surface area contributed by atoms with Crippen LogP contribution in [0, 0.1) is 0 Å². The number of rotatable bonds is 7. The molecule has 1 aromatic heterocycles. The summed E-state index contributed by atoms with van der Waals surface area (Å²) < 4.78 is 1.33. The van der Waals surface area contributed by atoms with Crippen molar-refractivity contribution in [1.29, 1.82) is 0 Å². The summed E-state index contributed by atoms with van der Waals surface area (Å²) in [5, 5.41) is 3.10. The number of benzene rings is 1. The van der Waals surface area contributed by atoms with Crippen molar-refractivity contribution in [2.45, 2.75) is 58.0 Å². The molecule has 4 N–H and O–H groups in total. The zero-order valence-corrected chi connectivity index (χ0v) is 17.5. The number of nitrogens with zero attached hydrogens (tertiary/aromatic N) is 2. The molecule has 30 heavy (non-hydrogen) atoms. The lowest BCUT2D eigenvalue weighted by Crippen LogP contribution is -2.45. The normalized spacial score (nSPS) is 14.8. The summed E-state index contributed by atoms with van der Waals surface area (Å²) in [4.78, 5) is 41.6. The average Bonchev–Trinajstić information content (AvgIpc) is 2.99. The Hall–Kier alpha value is -3.03. The highest BCUT2D eigenvalue weighted by molar-refractivity contribution is 5.82. The van der Waals surface area contributed by atoms with Gasteiger partial charge in [0, 0.05) is 12.6 Å². The fraction of sp³-hybridized carbons (Fsp3) is 0.500. The molecular formula is C22H31N5O3. The number of carbonyl (C=O) groups excluding carboxylic acids is 1. The molecule has 0 bridgehead atoms. The highest BCUT2D eigenvalue weighted by Crippen LogP contribution is 2.19. The van der Waals surface area contributed by atoms with Gasteiger partial charge in [-0.2, -0.15) is 0 Å². The molecule has 2 aromatic rings. The number of nitrogens with two attached hydrogens (primary N) is 1. The van der Waals surface area contributed by atoms with Crippen LogP contribution in [0.4, 0.5) is 11.5 Å². The third-order valence-electron chi connectivity index (χ3n) is 5.65. The number of aromatic amines is 1. The number of likely N-dealkylation sites (N-methyl/N-ethyl adjacent to an activating group) is 1. The number of aromatic nitrogens is 2. The van der Waals surface area contributed by atoms with E-state index in [1.54, 1.807) is 4.90 Å². The van der Waals surface area contributed by atoms with Crippen molar-refractivity contribution in [1.82, 2.24) is 14.9 Å². The van der Waals surface area contributed by atoms with Crippen molar-refractivity contribution in [3.63, 3.8) is 0 Å². The molecule has 0 atom stereocenters. The van der Waals surface area contributed by atoms with E-state index < -0.39 is 11.2 Å². The number of hydrogen-bond donors (Lipinski definition) is 3. The largest absolute Gasteiger partial charge is 0.383 e. The van der Waals surface area contributed by atoms with Crippen LogP contribution in [0.5, 0.6) is 0 Å². The summed E-state index contributed by atoms with van der Waals surface area (Å²) >= 11 is 0. The van der Waals surface area contributed by atoms with Crippen LogP contribution in [0.15, 0.2) is 39.9 Å². The lowest BCUT2D eigenvalue weighted by molar-refractivity contribution is -0.120. The van der Waals surface area contributed by atoms with Gasteiger partial charge in [0.15, 0.2) is 0 Å². The van der Waals surface area contributed by atoms with Crippen LogP contribution in [0.1, 0.15) is 51.0 Å².